The fourth-order valence-corrected chi connectivity index (χ4v) is 1.67. The molecule has 1 aromatic heterocycles. The first-order chi connectivity index (χ1) is 6.89. The molecule has 1 heterocycles. The molecule has 3 heteroatoms. The molecule has 0 saturated heterocycles. The number of imidazole rings is 1. The van der Waals surface area contributed by atoms with Crippen LogP contribution in [-0.4, -0.2) is 9.55 Å². The Morgan fingerprint density at radius 1 is 1.27 bits per heavy atom. The molecule has 2 aromatic rings. The molecule has 0 amide bonds. The van der Waals surface area contributed by atoms with Crippen LogP contribution in [0.1, 0.15) is 26.3 Å². The molecule has 3 nitrogen and oxygen atoms in total. The lowest BCUT2D eigenvalue weighted by atomic mass is 9.87. The Labute approximate surface area is 89.9 Å². The largest absolute Gasteiger partial charge is 0.369 e. The van der Waals surface area contributed by atoms with Crippen LogP contribution in [0.4, 0.5) is 5.95 Å². The summed E-state index contributed by atoms with van der Waals surface area (Å²) in [6.07, 6.45) is 0. The molecule has 1 aromatic carbocycles. The van der Waals surface area contributed by atoms with Crippen LogP contribution in [0.15, 0.2) is 18.2 Å². The third-order valence-electron chi connectivity index (χ3n) is 2.78. The number of nitrogens with zero attached hydrogens (tertiary/aromatic N) is 2. The van der Waals surface area contributed by atoms with Gasteiger partial charge in [0.2, 0.25) is 5.95 Å². The zero-order chi connectivity index (χ0) is 11.2. The number of hydrogen-bond acceptors (Lipinski definition) is 2. The summed E-state index contributed by atoms with van der Waals surface area (Å²) in [5.41, 5.74) is 9.29. The fraction of sp³-hybridized carbons (Fsp3) is 0.417. The van der Waals surface area contributed by atoms with Crippen LogP contribution in [0.3, 0.4) is 0 Å². The molecule has 80 valence electrons. The third-order valence-corrected chi connectivity index (χ3v) is 2.78. The molecular formula is C12H17N3. The lowest BCUT2D eigenvalue weighted by Crippen LogP contribution is -2.10. The predicted molar refractivity (Wildman–Crippen MR) is 63.8 cm³/mol. The van der Waals surface area contributed by atoms with E-state index in [0.29, 0.717) is 5.95 Å². The van der Waals surface area contributed by atoms with E-state index in [1.165, 1.54) is 5.56 Å². The zero-order valence-electron chi connectivity index (χ0n) is 9.70. The van der Waals surface area contributed by atoms with E-state index >= 15 is 0 Å². The van der Waals surface area contributed by atoms with Crippen LogP contribution in [0, 0.1) is 0 Å². The van der Waals surface area contributed by atoms with Crippen LogP contribution < -0.4 is 5.73 Å². The molecule has 0 fully saturated rings. The number of fused-ring (bicyclic) bond motifs is 1. The minimum atomic E-state index is 0.160. The summed E-state index contributed by atoms with van der Waals surface area (Å²) in [6, 6.07) is 6.32. The summed E-state index contributed by atoms with van der Waals surface area (Å²) in [5, 5.41) is 0. The molecule has 2 rings (SSSR count). The average molecular weight is 203 g/mol. The third kappa shape index (κ3) is 1.58. The van der Waals surface area contributed by atoms with E-state index in [0.717, 1.165) is 11.0 Å². The standard InChI is InChI=1S/C12H17N3/c1-12(2,3)8-5-6-9-10(7-8)15(4)11(13)14-9/h5-7H,1-4H3,(H2,13,14). The predicted octanol–water partition coefficient (Wildman–Crippen LogP) is 2.45. The van der Waals surface area contributed by atoms with E-state index in [4.69, 9.17) is 5.73 Å². The minimum Gasteiger partial charge on any atom is -0.369 e. The summed E-state index contributed by atoms with van der Waals surface area (Å²) < 4.78 is 1.92. The number of benzene rings is 1. The minimum absolute atomic E-state index is 0.160. The van der Waals surface area contributed by atoms with Crippen LogP contribution in [0.2, 0.25) is 0 Å². The monoisotopic (exact) mass is 203 g/mol. The molecule has 0 bridgehead atoms. The van der Waals surface area contributed by atoms with Crippen LogP contribution in [0.25, 0.3) is 11.0 Å². The van der Waals surface area contributed by atoms with E-state index < -0.39 is 0 Å². The van der Waals surface area contributed by atoms with Gasteiger partial charge >= 0.3 is 0 Å². The van der Waals surface area contributed by atoms with Gasteiger partial charge in [-0.3, -0.25) is 0 Å². The normalized spacial score (nSPS) is 12.3. The van der Waals surface area contributed by atoms with Gasteiger partial charge in [-0.25, -0.2) is 4.98 Å². The Hall–Kier alpha value is -1.51. The van der Waals surface area contributed by atoms with Gasteiger partial charge in [-0.2, -0.15) is 0 Å². The highest BCUT2D eigenvalue weighted by atomic mass is 15.1. The highest BCUT2D eigenvalue weighted by Gasteiger charge is 2.15. The molecule has 0 aliphatic carbocycles. The molecule has 0 aliphatic heterocycles. The zero-order valence-corrected chi connectivity index (χ0v) is 9.70. The lowest BCUT2D eigenvalue weighted by Gasteiger charge is -2.18. The van der Waals surface area contributed by atoms with Gasteiger partial charge < -0.3 is 10.3 Å². The Kier molecular flexibility index (Phi) is 2.00. The van der Waals surface area contributed by atoms with Crippen molar-refractivity contribution in [3.05, 3.63) is 23.8 Å². The van der Waals surface area contributed by atoms with Crippen molar-refractivity contribution in [2.45, 2.75) is 26.2 Å². The van der Waals surface area contributed by atoms with Crippen molar-refractivity contribution in [1.82, 2.24) is 9.55 Å². The van der Waals surface area contributed by atoms with Gasteiger partial charge in [0, 0.05) is 7.05 Å². The molecule has 0 radical (unpaired) electrons. The number of hydrogen-bond donors (Lipinski definition) is 1. The van der Waals surface area contributed by atoms with E-state index in [1.54, 1.807) is 0 Å². The summed E-state index contributed by atoms with van der Waals surface area (Å²) >= 11 is 0. The second-order valence-corrected chi connectivity index (χ2v) is 4.98. The molecule has 0 aliphatic rings. The molecule has 0 spiro atoms. The van der Waals surface area contributed by atoms with Gasteiger partial charge in [-0.15, -0.1) is 0 Å². The second kappa shape index (κ2) is 2.99. The van der Waals surface area contributed by atoms with Gasteiger partial charge in [0.15, 0.2) is 0 Å². The Balaban J connectivity index is 2.70. The number of aromatic nitrogens is 2. The molecule has 0 atom stereocenters. The molecular weight excluding hydrogens is 186 g/mol. The molecule has 0 unspecified atom stereocenters. The van der Waals surface area contributed by atoms with Gasteiger partial charge in [-0.1, -0.05) is 26.8 Å². The molecule has 0 saturated carbocycles. The van der Waals surface area contributed by atoms with E-state index in [1.807, 2.05) is 17.7 Å². The summed E-state index contributed by atoms with van der Waals surface area (Å²) in [5.74, 6) is 0.566. The maximum Gasteiger partial charge on any atom is 0.200 e. The van der Waals surface area contributed by atoms with E-state index in [2.05, 4.69) is 37.9 Å². The first kappa shape index (κ1) is 10.0. The van der Waals surface area contributed by atoms with Crippen LogP contribution in [0.5, 0.6) is 0 Å². The summed E-state index contributed by atoms with van der Waals surface area (Å²) in [4.78, 5) is 4.28. The van der Waals surface area contributed by atoms with Gasteiger partial charge in [0.1, 0.15) is 0 Å². The number of anilines is 1. The topological polar surface area (TPSA) is 43.8 Å². The van der Waals surface area contributed by atoms with Crippen molar-refractivity contribution in [2.24, 2.45) is 7.05 Å². The first-order valence-corrected chi connectivity index (χ1v) is 5.12. The van der Waals surface area contributed by atoms with Crippen molar-refractivity contribution in [1.29, 1.82) is 0 Å². The van der Waals surface area contributed by atoms with Gasteiger partial charge in [0.05, 0.1) is 11.0 Å². The van der Waals surface area contributed by atoms with Gasteiger partial charge in [0.25, 0.3) is 0 Å². The number of aryl methyl sites for hydroxylation is 1. The maximum absolute atomic E-state index is 5.76. The van der Waals surface area contributed by atoms with Crippen molar-refractivity contribution < 1.29 is 0 Å². The Morgan fingerprint density at radius 2 is 1.93 bits per heavy atom. The summed E-state index contributed by atoms with van der Waals surface area (Å²) in [6.45, 7) is 6.61. The molecule has 15 heavy (non-hydrogen) atoms. The van der Waals surface area contributed by atoms with E-state index in [-0.39, 0.29) is 5.41 Å². The van der Waals surface area contributed by atoms with Crippen molar-refractivity contribution in [3.63, 3.8) is 0 Å². The number of nitrogens with two attached hydrogens (primary N) is 1. The Bertz CT molecular complexity index is 503. The van der Waals surface area contributed by atoms with Crippen LogP contribution in [-0.2, 0) is 12.5 Å². The maximum atomic E-state index is 5.76. The van der Waals surface area contributed by atoms with Crippen molar-refractivity contribution >= 4 is 17.0 Å². The number of rotatable bonds is 0. The highest BCUT2D eigenvalue weighted by molar-refractivity contribution is 5.79. The second-order valence-electron chi connectivity index (χ2n) is 4.98. The quantitative estimate of drug-likeness (QED) is 0.714. The Morgan fingerprint density at radius 3 is 2.53 bits per heavy atom. The summed E-state index contributed by atoms with van der Waals surface area (Å²) in [7, 11) is 1.94. The number of nitrogen functional groups attached to an aromatic ring is 1. The smallest absolute Gasteiger partial charge is 0.200 e. The lowest BCUT2D eigenvalue weighted by molar-refractivity contribution is 0.591. The van der Waals surface area contributed by atoms with Crippen LogP contribution >= 0.6 is 0 Å². The fourth-order valence-electron chi connectivity index (χ4n) is 1.67. The van der Waals surface area contributed by atoms with E-state index in [9.17, 15) is 0 Å². The van der Waals surface area contributed by atoms with Gasteiger partial charge in [-0.05, 0) is 23.1 Å². The highest BCUT2D eigenvalue weighted by Crippen LogP contribution is 2.26. The average Bonchev–Trinajstić information content (AvgIpc) is 2.41. The SMILES string of the molecule is Cn1c(N)nc2ccc(C(C)(C)C)cc21. The first-order valence-electron chi connectivity index (χ1n) is 5.12. The van der Waals surface area contributed by atoms with Crippen molar-refractivity contribution in [2.75, 3.05) is 5.73 Å². The van der Waals surface area contributed by atoms with Crippen molar-refractivity contribution in [3.8, 4) is 0 Å². The molecule has 2 N–H and O–H groups in total.